The molecule has 29 heavy (non-hydrogen) atoms. The molecule has 1 amide bonds. The first kappa shape index (κ1) is 21.5. The van der Waals surface area contributed by atoms with Crippen LogP contribution in [0.3, 0.4) is 0 Å². The van der Waals surface area contributed by atoms with Crippen molar-refractivity contribution in [1.82, 2.24) is 9.21 Å². The monoisotopic (exact) mass is 419 g/mol. The van der Waals surface area contributed by atoms with Gasteiger partial charge < -0.3 is 9.73 Å². The number of benzene rings is 1. The van der Waals surface area contributed by atoms with Crippen molar-refractivity contribution in [3.8, 4) is 0 Å². The zero-order valence-corrected chi connectivity index (χ0v) is 17.9. The average molecular weight is 420 g/mol. The number of amides is 1. The summed E-state index contributed by atoms with van der Waals surface area (Å²) >= 11 is 0. The Labute approximate surface area is 172 Å². The number of furan rings is 1. The number of anilines is 1. The highest BCUT2D eigenvalue weighted by molar-refractivity contribution is 7.89. The van der Waals surface area contributed by atoms with E-state index >= 15 is 0 Å². The number of sulfonamides is 1. The van der Waals surface area contributed by atoms with Crippen LogP contribution in [0.25, 0.3) is 0 Å². The molecule has 1 aliphatic heterocycles. The number of likely N-dealkylation sites (N-methyl/N-ethyl adjacent to an activating group) is 1. The molecular formula is C21H29N3O4S. The predicted molar refractivity (Wildman–Crippen MR) is 112 cm³/mol. The normalized spacial score (nSPS) is 16.0. The van der Waals surface area contributed by atoms with Crippen LogP contribution < -0.4 is 5.32 Å². The van der Waals surface area contributed by atoms with Gasteiger partial charge in [-0.15, -0.1) is 0 Å². The second-order valence-corrected chi connectivity index (χ2v) is 9.50. The van der Waals surface area contributed by atoms with Gasteiger partial charge in [-0.1, -0.05) is 18.9 Å². The van der Waals surface area contributed by atoms with Crippen molar-refractivity contribution in [3.63, 3.8) is 0 Å². The summed E-state index contributed by atoms with van der Waals surface area (Å²) in [6.45, 7) is 3.57. The van der Waals surface area contributed by atoms with Gasteiger partial charge in [-0.25, -0.2) is 8.42 Å². The molecule has 1 saturated heterocycles. The third-order valence-electron chi connectivity index (χ3n) is 5.07. The van der Waals surface area contributed by atoms with Crippen molar-refractivity contribution in [3.05, 3.63) is 47.9 Å². The van der Waals surface area contributed by atoms with E-state index in [-0.39, 0.29) is 17.3 Å². The molecule has 1 fully saturated rings. The minimum Gasteiger partial charge on any atom is -0.468 e. The van der Waals surface area contributed by atoms with Gasteiger partial charge in [-0.2, -0.15) is 4.31 Å². The van der Waals surface area contributed by atoms with Crippen molar-refractivity contribution in [2.24, 2.45) is 0 Å². The Hall–Kier alpha value is -2.16. The van der Waals surface area contributed by atoms with Gasteiger partial charge in [0.1, 0.15) is 5.76 Å². The molecule has 3 rings (SSSR count). The van der Waals surface area contributed by atoms with Crippen LogP contribution in [0.4, 0.5) is 5.69 Å². The highest BCUT2D eigenvalue weighted by atomic mass is 32.2. The maximum Gasteiger partial charge on any atom is 0.243 e. The maximum atomic E-state index is 13.1. The van der Waals surface area contributed by atoms with Crippen LogP contribution >= 0.6 is 0 Å². The Bertz CT molecular complexity index is 917. The summed E-state index contributed by atoms with van der Waals surface area (Å²) in [6, 6.07) is 8.71. The van der Waals surface area contributed by atoms with Crippen LogP contribution in [-0.4, -0.2) is 50.2 Å². The van der Waals surface area contributed by atoms with Crippen LogP contribution in [0.1, 0.15) is 37.0 Å². The minimum absolute atomic E-state index is 0.169. The Morgan fingerprint density at radius 2 is 1.90 bits per heavy atom. The molecular weight excluding hydrogens is 390 g/mol. The van der Waals surface area contributed by atoms with Gasteiger partial charge in [0, 0.05) is 18.8 Å². The van der Waals surface area contributed by atoms with Crippen LogP contribution in [0.2, 0.25) is 0 Å². The molecule has 8 heteroatoms. The number of carbonyl (C=O) groups is 1. The lowest BCUT2D eigenvalue weighted by Crippen LogP contribution is -2.32. The fourth-order valence-electron chi connectivity index (χ4n) is 3.55. The first-order chi connectivity index (χ1) is 13.9. The number of rotatable bonds is 7. The lowest BCUT2D eigenvalue weighted by Gasteiger charge is -2.22. The van der Waals surface area contributed by atoms with Crippen molar-refractivity contribution < 1.29 is 17.6 Å². The standard InChI is InChI=1S/C21H29N3O4S/c1-17-9-10-18(22-21(25)16-23(2)15-19-8-7-13-28-19)14-20(17)29(26,27)24-11-5-3-4-6-12-24/h7-10,13-14H,3-6,11-12,15-16H2,1-2H3,(H,22,25). The Kier molecular flexibility index (Phi) is 7.10. The third-order valence-corrected chi connectivity index (χ3v) is 7.11. The summed E-state index contributed by atoms with van der Waals surface area (Å²) in [4.78, 5) is 14.5. The van der Waals surface area contributed by atoms with Crippen molar-refractivity contribution in [1.29, 1.82) is 0 Å². The van der Waals surface area contributed by atoms with Gasteiger partial charge in [0.15, 0.2) is 0 Å². The molecule has 1 aliphatic rings. The van der Waals surface area contributed by atoms with Crippen LogP contribution in [0.15, 0.2) is 45.9 Å². The first-order valence-electron chi connectivity index (χ1n) is 9.98. The third kappa shape index (κ3) is 5.68. The fraction of sp³-hybridized carbons (Fsp3) is 0.476. The number of nitrogens with zero attached hydrogens (tertiary/aromatic N) is 2. The van der Waals surface area contributed by atoms with Gasteiger partial charge in [0.05, 0.1) is 24.2 Å². The lowest BCUT2D eigenvalue weighted by atomic mass is 10.2. The van der Waals surface area contributed by atoms with Crippen molar-refractivity contribution in [2.75, 3.05) is 32.0 Å². The molecule has 1 aromatic heterocycles. The van der Waals surface area contributed by atoms with Crippen LogP contribution in [0, 0.1) is 6.92 Å². The molecule has 0 aliphatic carbocycles. The number of aryl methyl sites for hydroxylation is 1. The SMILES string of the molecule is Cc1ccc(NC(=O)CN(C)Cc2ccco2)cc1S(=O)(=O)N1CCCCCC1. The van der Waals surface area contributed by atoms with Crippen molar-refractivity contribution in [2.45, 2.75) is 44.0 Å². The lowest BCUT2D eigenvalue weighted by molar-refractivity contribution is -0.117. The Balaban J connectivity index is 1.68. The molecule has 2 heterocycles. The van der Waals surface area contributed by atoms with E-state index in [1.807, 2.05) is 24.1 Å². The predicted octanol–water partition coefficient (Wildman–Crippen LogP) is 3.22. The van der Waals surface area contributed by atoms with E-state index in [0.717, 1.165) is 31.4 Å². The topological polar surface area (TPSA) is 82.9 Å². The summed E-state index contributed by atoms with van der Waals surface area (Å²) in [5, 5.41) is 2.81. The second-order valence-electron chi connectivity index (χ2n) is 7.60. The molecule has 2 aromatic rings. The molecule has 0 atom stereocenters. The van der Waals surface area contributed by atoms with Crippen LogP contribution in [-0.2, 0) is 21.4 Å². The average Bonchev–Trinajstić information content (AvgIpc) is 3.01. The Morgan fingerprint density at radius 3 is 2.55 bits per heavy atom. The summed E-state index contributed by atoms with van der Waals surface area (Å²) in [5.41, 5.74) is 1.17. The van der Waals surface area contributed by atoms with E-state index in [4.69, 9.17) is 4.42 Å². The Morgan fingerprint density at radius 1 is 1.17 bits per heavy atom. The van der Waals surface area contributed by atoms with E-state index in [2.05, 4.69) is 5.32 Å². The zero-order chi connectivity index (χ0) is 20.9. The van der Waals surface area contributed by atoms with E-state index in [1.54, 1.807) is 35.7 Å². The quantitative estimate of drug-likeness (QED) is 0.745. The number of hydrogen-bond acceptors (Lipinski definition) is 5. The van der Waals surface area contributed by atoms with E-state index < -0.39 is 10.0 Å². The summed E-state index contributed by atoms with van der Waals surface area (Å²) in [5.74, 6) is 0.572. The number of nitrogens with one attached hydrogen (secondary N) is 1. The fourth-order valence-corrected chi connectivity index (χ4v) is 5.31. The highest BCUT2D eigenvalue weighted by Crippen LogP contribution is 2.25. The smallest absolute Gasteiger partial charge is 0.243 e. The maximum absolute atomic E-state index is 13.1. The first-order valence-corrected chi connectivity index (χ1v) is 11.4. The summed E-state index contributed by atoms with van der Waals surface area (Å²) < 4.78 is 33.2. The molecule has 1 N–H and O–H groups in total. The molecule has 158 valence electrons. The summed E-state index contributed by atoms with van der Waals surface area (Å²) in [7, 11) is -1.75. The van der Waals surface area contributed by atoms with Gasteiger partial charge in [0.2, 0.25) is 15.9 Å². The zero-order valence-electron chi connectivity index (χ0n) is 17.1. The van der Waals surface area contributed by atoms with Gasteiger partial charge in [-0.3, -0.25) is 9.69 Å². The molecule has 7 nitrogen and oxygen atoms in total. The molecule has 0 saturated carbocycles. The van der Waals surface area contributed by atoms with Crippen molar-refractivity contribution >= 4 is 21.6 Å². The molecule has 0 bridgehead atoms. The van der Waals surface area contributed by atoms with Gasteiger partial charge in [-0.05, 0) is 56.6 Å². The van der Waals surface area contributed by atoms with Gasteiger partial charge >= 0.3 is 0 Å². The second kappa shape index (κ2) is 9.56. The largest absolute Gasteiger partial charge is 0.468 e. The minimum atomic E-state index is -3.57. The molecule has 0 spiro atoms. The molecule has 0 unspecified atom stereocenters. The summed E-state index contributed by atoms with van der Waals surface area (Å²) in [6.07, 6.45) is 5.49. The molecule has 0 radical (unpaired) electrons. The number of hydrogen-bond donors (Lipinski definition) is 1. The van der Waals surface area contributed by atoms with E-state index in [0.29, 0.717) is 30.9 Å². The van der Waals surface area contributed by atoms with E-state index in [1.165, 1.54) is 0 Å². The van der Waals surface area contributed by atoms with Gasteiger partial charge in [0.25, 0.3) is 0 Å². The number of carbonyl (C=O) groups excluding carboxylic acids is 1. The van der Waals surface area contributed by atoms with Crippen LogP contribution in [0.5, 0.6) is 0 Å². The highest BCUT2D eigenvalue weighted by Gasteiger charge is 2.27. The molecule has 1 aromatic carbocycles. The van der Waals surface area contributed by atoms with E-state index in [9.17, 15) is 13.2 Å².